The van der Waals surface area contributed by atoms with Gasteiger partial charge in [-0.15, -0.1) is 0 Å². The lowest BCUT2D eigenvalue weighted by Crippen LogP contribution is -2.51. The number of hydrogen-bond acceptors (Lipinski definition) is 3. The molecule has 1 atom stereocenters. The van der Waals surface area contributed by atoms with Gasteiger partial charge in [-0.25, -0.2) is 0 Å². The average molecular weight is 279 g/mol. The molecule has 0 aromatic carbocycles. The first kappa shape index (κ1) is 15.1. The van der Waals surface area contributed by atoms with Gasteiger partial charge in [0.1, 0.15) is 5.69 Å². The second-order valence-electron chi connectivity index (χ2n) is 6.56. The molecule has 1 aliphatic heterocycles. The molecule has 2 heterocycles. The van der Waals surface area contributed by atoms with Gasteiger partial charge in [-0.3, -0.25) is 9.69 Å². The molecule has 5 heteroatoms. The number of piperazine rings is 1. The molecule has 1 saturated heterocycles. The molecule has 0 unspecified atom stereocenters. The van der Waals surface area contributed by atoms with Gasteiger partial charge in [-0.1, -0.05) is 20.8 Å². The predicted molar refractivity (Wildman–Crippen MR) is 78.6 cm³/mol. The van der Waals surface area contributed by atoms with Gasteiger partial charge < -0.3 is 15.0 Å². The molecule has 0 saturated carbocycles. The average Bonchev–Trinajstić information content (AvgIpc) is 2.91. The lowest BCUT2D eigenvalue weighted by atomic mass is 9.89. The number of carbonyl (C=O) groups is 1. The SMILES string of the molecule is CC(C)(C)[C@H](O)CN1CCN(C(=O)c2ccc[nH]2)CC1. The van der Waals surface area contributed by atoms with Gasteiger partial charge in [0.25, 0.3) is 5.91 Å². The van der Waals surface area contributed by atoms with Crippen LogP contribution >= 0.6 is 0 Å². The summed E-state index contributed by atoms with van der Waals surface area (Å²) >= 11 is 0. The Bertz CT molecular complexity index is 428. The van der Waals surface area contributed by atoms with Gasteiger partial charge in [0, 0.05) is 38.9 Å². The quantitative estimate of drug-likeness (QED) is 0.873. The van der Waals surface area contributed by atoms with Gasteiger partial charge in [0.2, 0.25) is 0 Å². The van der Waals surface area contributed by atoms with E-state index >= 15 is 0 Å². The Hall–Kier alpha value is -1.33. The Morgan fingerprint density at radius 2 is 2.00 bits per heavy atom. The lowest BCUT2D eigenvalue weighted by Gasteiger charge is -2.37. The summed E-state index contributed by atoms with van der Waals surface area (Å²) in [4.78, 5) is 19.2. The number of aliphatic hydroxyl groups excluding tert-OH is 1. The zero-order valence-corrected chi connectivity index (χ0v) is 12.6. The van der Waals surface area contributed by atoms with Crippen LogP contribution in [0.4, 0.5) is 0 Å². The summed E-state index contributed by atoms with van der Waals surface area (Å²) in [6, 6.07) is 3.64. The smallest absolute Gasteiger partial charge is 0.270 e. The van der Waals surface area contributed by atoms with Crippen molar-refractivity contribution in [1.82, 2.24) is 14.8 Å². The fourth-order valence-electron chi connectivity index (χ4n) is 2.29. The molecule has 0 spiro atoms. The van der Waals surface area contributed by atoms with E-state index in [9.17, 15) is 9.90 Å². The van der Waals surface area contributed by atoms with Crippen molar-refractivity contribution in [2.75, 3.05) is 32.7 Å². The third-order valence-electron chi connectivity index (χ3n) is 3.92. The molecule has 5 nitrogen and oxygen atoms in total. The van der Waals surface area contributed by atoms with E-state index in [1.165, 1.54) is 0 Å². The topological polar surface area (TPSA) is 59.6 Å². The number of rotatable bonds is 3. The van der Waals surface area contributed by atoms with Crippen molar-refractivity contribution in [3.8, 4) is 0 Å². The fraction of sp³-hybridized carbons (Fsp3) is 0.667. The summed E-state index contributed by atoms with van der Waals surface area (Å²) in [5.74, 6) is 0.0611. The largest absolute Gasteiger partial charge is 0.391 e. The summed E-state index contributed by atoms with van der Waals surface area (Å²) in [5.41, 5.74) is 0.546. The van der Waals surface area contributed by atoms with Gasteiger partial charge in [0.05, 0.1) is 6.10 Å². The van der Waals surface area contributed by atoms with E-state index in [2.05, 4.69) is 9.88 Å². The second-order valence-corrected chi connectivity index (χ2v) is 6.56. The maximum atomic E-state index is 12.2. The highest BCUT2D eigenvalue weighted by atomic mass is 16.3. The van der Waals surface area contributed by atoms with Gasteiger partial charge in [0.15, 0.2) is 0 Å². The number of aliphatic hydroxyl groups is 1. The Morgan fingerprint density at radius 3 is 2.50 bits per heavy atom. The number of carbonyl (C=O) groups excluding carboxylic acids is 1. The molecule has 0 aliphatic carbocycles. The third kappa shape index (κ3) is 3.61. The molecule has 0 bridgehead atoms. The van der Waals surface area contributed by atoms with Crippen LogP contribution in [0.3, 0.4) is 0 Å². The standard InChI is InChI=1S/C15H25N3O2/c1-15(2,3)13(19)11-17-7-9-18(10-8-17)14(20)12-5-4-6-16-12/h4-6,13,16,19H,7-11H2,1-3H3/t13-/m1/s1. The molecule has 1 aromatic heterocycles. The van der Waals surface area contributed by atoms with E-state index in [4.69, 9.17) is 0 Å². The first-order valence-electron chi connectivity index (χ1n) is 7.21. The van der Waals surface area contributed by atoms with Gasteiger partial charge in [-0.05, 0) is 17.5 Å². The number of amides is 1. The summed E-state index contributed by atoms with van der Waals surface area (Å²) in [5, 5.41) is 10.1. The van der Waals surface area contributed by atoms with E-state index in [1.807, 2.05) is 31.7 Å². The highest BCUT2D eigenvalue weighted by Crippen LogP contribution is 2.20. The number of H-pyrrole nitrogens is 1. The molecule has 1 aromatic rings. The normalized spacial score (nSPS) is 19.1. The van der Waals surface area contributed by atoms with Gasteiger partial charge >= 0.3 is 0 Å². The first-order valence-corrected chi connectivity index (χ1v) is 7.21. The van der Waals surface area contributed by atoms with Crippen LogP contribution in [-0.2, 0) is 0 Å². The zero-order chi connectivity index (χ0) is 14.8. The van der Waals surface area contributed by atoms with Crippen molar-refractivity contribution in [2.24, 2.45) is 5.41 Å². The number of nitrogens with one attached hydrogen (secondary N) is 1. The summed E-state index contributed by atoms with van der Waals surface area (Å²) < 4.78 is 0. The highest BCUT2D eigenvalue weighted by Gasteiger charge is 2.27. The molecular weight excluding hydrogens is 254 g/mol. The zero-order valence-electron chi connectivity index (χ0n) is 12.6. The molecule has 2 N–H and O–H groups in total. The van der Waals surface area contributed by atoms with Crippen molar-refractivity contribution in [2.45, 2.75) is 26.9 Å². The molecular formula is C15H25N3O2. The van der Waals surface area contributed by atoms with Crippen molar-refractivity contribution < 1.29 is 9.90 Å². The monoisotopic (exact) mass is 279 g/mol. The van der Waals surface area contributed by atoms with E-state index in [1.54, 1.807) is 12.3 Å². The molecule has 1 aliphatic rings. The van der Waals surface area contributed by atoms with Crippen LogP contribution in [0.2, 0.25) is 0 Å². The molecule has 112 valence electrons. The van der Waals surface area contributed by atoms with Crippen LogP contribution in [0.25, 0.3) is 0 Å². The van der Waals surface area contributed by atoms with Crippen LogP contribution in [0.15, 0.2) is 18.3 Å². The van der Waals surface area contributed by atoms with Crippen molar-refractivity contribution in [3.05, 3.63) is 24.0 Å². The Morgan fingerprint density at radius 1 is 1.35 bits per heavy atom. The Balaban J connectivity index is 1.82. The van der Waals surface area contributed by atoms with Gasteiger partial charge in [-0.2, -0.15) is 0 Å². The summed E-state index contributed by atoms with van der Waals surface area (Å²) in [6.45, 7) is 9.88. The molecule has 2 rings (SSSR count). The highest BCUT2D eigenvalue weighted by molar-refractivity contribution is 5.92. The van der Waals surface area contributed by atoms with Crippen LogP contribution in [0.5, 0.6) is 0 Å². The number of hydrogen-bond donors (Lipinski definition) is 2. The second kappa shape index (κ2) is 5.97. The van der Waals surface area contributed by atoms with E-state index in [0.29, 0.717) is 25.3 Å². The third-order valence-corrected chi connectivity index (χ3v) is 3.92. The molecule has 0 radical (unpaired) electrons. The van der Waals surface area contributed by atoms with Crippen LogP contribution < -0.4 is 0 Å². The predicted octanol–water partition coefficient (Wildman–Crippen LogP) is 1.18. The lowest BCUT2D eigenvalue weighted by molar-refractivity contribution is 0.0136. The number of aromatic nitrogens is 1. The van der Waals surface area contributed by atoms with E-state index < -0.39 is 0 Å². The van der Waals surface area contributed by atoms with Crippen molar-refractivity contribution in [1.29, 1.82) is 0 Å². The Labute approximate surface area is 120 Å². The minimum absolute atomic E-state index is 0.0611. The molecule has 1 fully saturated rings. The maximum absolute atomic E-state index is 12.2. The Kier molecular flexibility index (Phi) is 4.50. The van der Waals surface area contributed by atoms with E-state index in [-0.39, 0.29) is 17.4 Å². The first-order chi connectivity index (χ1) is 9.38. The molecule has 20 heavy (non-hydrogen) atoms. The van der Waals surface area contributed by atoms with E-state index in [0.717, 1.165) is 13.1 Å². The molecule has 1 amide bonds. The summed E-state index contributed by atoms with van der Waals surface area (Å²) in [6.07, 6.45) is 1.43. The van der Waals surface area contributed by atoms with Crippen LogP contribution in [0.1, 0.15) is 31.3 Å². The maximum Gasteiger partial charge on any atom is 0.270 e. The summed E-state index contributed by atoms with van der Waals surface area (Å²) in [7, 11) is 0. The fourth-order valence-corrected chi connectivity index (χ4v) is 2.29. The minimum atomic E-state index is -0.340. The number of β-amino-alcohol motifs (C(OH)–C–C–N with tert-alkyl or cyclic N) is 1. The van der Waals surface area contributed by atoms with Crippen molar-refractivity contribution >= 4 is 5.91 Å². The number of nitrogens with zero attached hydrogens (tertiary/aromatic N) is 2. The van der Waals surface area contributed by atoms with Crippen LogP contribution in [0, 0.1) is 5.41 Å². The minimum Gasteiger partial charge on any atom is -0.391 e. The van der Waals surface area contributed by atoms with Crippen molar-refractivity contribution in [3.63, 3.8) is 0 Å². The number of aromatic amines is 1. The van der Waals surface area contributed by atoms with Crippen LogP contribution in [-0.4, -0.2) is 64.6 Å².